The van der Waals surface area contributed by atoms with Gasteiger partial charge < -0.3 is 15.4 Å². The Morgan fingerprint density at radius 2 is 1.89 bits per heavy atom. The van der Waals surface area contributed by atoms with Gasteiger partial charge in [0.25, 0.3) is 0 Å². The van der Waals surface area contributed by atoms with E-state index in [0.717, 1.165) is 17.0 Å². The van der Waals surface area contributed by atoms with Gasteiger partial charge in [0.1, 0.15) is 11.6 Å². The summed E-state index contributed by atoms with van der Waals surface area (Å²) in [7, 11) is 3.55. The molecule has 0 fully saturated rings. The molecule has 2 N–H and O–H groups in total. The maximum Gasteiger partial charge on any atom is 0.146 e. The zero-order valence-corrected chi connectivity index (χ0v) is 11.1. The molecule has 0 aliphatic rings. The lowest BCUT2D eigenvalue weighted by Gasteiger charge is -2.22. The van der Waals surface area contributed by atoms with Gasteiger partial charge in [0.2, 0.25) is 0 Å². The van der Waals surface area contributed by atoms with Crippen molar-refractivity contribution in [2.45, 2.75) is 6.54 Å². The molecule has 0 aliphatic heterocycles. The fourth-order valence-electron chi connectivity index (χ4n) is 2.01. The second-order valence-corrected chi connectivity index (χ2v) is 4.34. The minimum Gasteiger partial charge on any atom is -0.495 e. The Balaban J connectivity index is 2.26. The Morgan fingerprint density at radius 3 is 2.63 bits per heavy atom. The van der Waals surface area contributed by atoms with E-state index in [-0.39, 0.29) is 11.5 Å². The summed E-state index contributed by atoms with van der Waals surface area (Å²) in [5.41, 5.74) is 7.64. The van der Waals surface area contributed by atoms with Crippen LogP contribution in [0.15, 0.2) is 42.5 Å². The number of benzene rings is 2. The number of anilines is 2. The number of para-hydroxylation sites is 3. The van der Waals surface area contributed by atoms with Gasteiger partial charge in [-0.1, -0.05) is 24.3 Å². The van der Waals surface area contributed by atoms with Crippen molar-refractivity contribution in [1.82, 2.24) is 0 Å². The third-order valence-corrected chi connectivity index (χ3v) is 3.05. The van der Waals surface area contributed by atoms with E-state index >= 15 is 0 Å². The summed E-state index contributed by atoms with van der Waals surface area (Å²) in [5, 5.41) is 0. The molecule has 0 spiro atoms. The highest BCUT2D eigenvalue weighted by Crippen LogP contribution is 2.28. The van der Waals surface area contributed by atoms with Gasteiger partial charge in [0.05, 0.1) is 18.5 Å². The molecule has 2 aromatic rings. The summed E-state index contributed by atoms with van der Waals surface area (Å²) in [4.78, 5) is 1.98. The Bertz CT molecular complexity index is 572. The fraction of sp³-hybridized carbons (Fsp3) is 0.200. The molecule has 2 rings (SSSR count). The highest BCUT2D eigenvalue weighted by molar-refractivity contribution is 5.59. The first-order chi connectivity index (χ1) is 9.13. The standard InChI is InChI=1S/C15H17FN2O/c1-18(13-8-3-4-9-14(13)19-2)10-11-6-5-7-12(16)15(11)17/h3-9H,10,17H2,1-2H3. The van der Waals surface area contributed by atoms with E-state index in [0.29, 0.717) is 6.54 Å². The van der Waals surface area contributed by atoms with Crippen LogP contribution in [-0.2, 0) is 6.54 Å². The van der Waals surface area contributed by atoms with Gasteiger partial charge in [-0.05, 0) is 23.8 Å². The maximum atomic E-state index is 13.4. The number of halogens is 1. The first kappa shape index (κ1) is 13.2. The van der Waals surface area contributed by atoms with E-state index in [1.807, 2.05) is 42.3 Å². The second-order valence-electron chi connectivity index (χ2n) is 4.34. The molecule has 0 radical (unpaired) electrons. The molecule has 4 heteroatoms. The summed E-state index contributed by atoms with van der Waals surface area (Å²) < 4.78 is 18.7. The van der Waals surface area contributed by atoms with Crippen molar-refractivity contribution in [3.05, 3.63) is 53.8 Å². The van der Waals surface area contributed by atoms with Crippen LogP contribution < -0.4 is 15.4 Å². The van der Waals surface area contributed by atoms with Gasteiger partial charge in [0, 0.05) is 13.6 Å². The molecule has 19 heavy (non-hydrogen) atoms. The first-order valence-corrected chi connectivity index (χ1v) is 6.00. The van der Waals surface area contributed by atoms with E-state index in [1.54, 1.807) is 13.2 Å². The Morgan fingerprint density at radius 1 is 1.16 bits per heavy atom. The molecule has 0 heterocycles. The predicted molar refractivity (Wildman–Crippen MR) is 75.9 cm³/mol. The molecule has 0 saturated heterocycles. The number of hydrogen-bond donors (Lipinski definition) is 1. The molecule has 0 bridgehead atoms. The van der Waals surface area contributed by atoms with E-state index in [1.165, 1.54) is 6.07 Å². The lowest BCUT2D eigenvalue weighted by atomic mass is 10.1. The largest absolute Gasteiger partial charge is 0.495 e. The van der Waals surface area contributed by atoms with Crippen LogP contribution in [0.2, 0.25) is 0 Å². The maximum absolute atomic E-state index is 13.4. The van der Waals surface area contributed by atoms with Gasteiger partial charge >= 0.3 is 0 Å². The zero-order chi connectivity index (χ0) is 13.8. The van der Waals surface area contributed by atoms with E-state index in [2.05, 4.69) is 0 Å². The number of nitrogens with zero attached hydrogens (tertiary/aromatic N) is 1. The lowest BCUT2D eigenvalue weighted by molar-refractivity contribution is 0.415. The molecule has 0 unspecified atom stereocenters. The normalized spacial score (nSPS) is 10.3. The fourth-order valence-corrected chi connectivity index (χ4v) is 2.01. The number of nitrogen functional groups attached to an aromatic ring is 1. The second kappa shape index (κ2) is 5.61. The van der Waals surface area contributed by atoms with Crippen LogP contribution >= 0.6 is 0 Å². The van der Waals surface area contributed by atoms with Gasteiger partial charge in [-0.2, -0.15) is 0 Å². The monoisotopic (exact) mass is 260 g/mol. The molecule has 0 saturated carbocycles. The smallest absolute Gasteiger partial charge is 0.146 e. The van der Waals surface area contributed by atoms with Crippen LogP contribution in [0, 0.1) is 5.82 Å². The van der Waals surface area contributed by atoms with Crippen molar-refractivity contribution < 1.29 is 9.13 Å². The minimum absolute atomic E-state index is 0.198. The number of rotatable bonds is 4. The molecule has 3 nitrogen and oxygen atoms in total. The highest BCUT2D eigenvalue weighted by atomic mass is 19.1. The predicted octanol–water partition coefficient (Wildman–Crippen LogP) is 3.05. The summed E-state index contributed by atoms with van der Waals surface area (Å²) in [6, 6.07) is 12.5. The average Bonchev–Trinajstić information content (AvgIpc) is 2.43. The van der Waals surface area contributed by atoms with Gasteiger partial charge in [-0.3, -0.25) is 0 Å². The summed E-state index contributed by atoms with van der Waals surface area (Å²) in [6.07, 6.45) is 0. The van der Waals surface area contributed by atoms with E-state index in [9.17, 15) is 4.39 Å². The third-order valence-electron chi connectivity index (χ3n) is 3.05. The van der Waals surface area contributed by atoms with E-state index in [4.69, 9.17) is 10.5 Å². The van der Waals surface area contributed by atoms with Gasteiger partial charge in [-0.15, -0.1) is 0 Å². The molecular formula is C15H17FN2O. The van der Waals surface area contributed by atoms with Gasteiger partial charge in [-0.25, -0.2) is 4.39 Å². The quantitative estimate of drug-likeness (QED) is 0.859. The van der Waals surface area contributed by atoms with Crippen LogP contribution in [-0.4, -0.2) is 14.2 Å². The molecule has 0 aromatic heterocycles. The van der Waals surface area contributed by atoms with Gasteiger partial charge in [0.15, 0.2) is 0 Å². The SMILES string of the molecule is COc1ccccc1N(C)Cc1cccc(F)c1N. The van der Waals surface area contributed by atoms with Crippen LogP contribution in [0.5, 0.6) is 5.75 Å². The van der Waals surface area contributed by atoms with Crippen molar-refractivity contribution in [2.24, 2.45) is 0 Å². The summed E-state index contributed by atoms with van der Waals surface area (Å²) in [5.74, 6) is 0.394. The number of nitrogens with two attached hydrogens (primary N) is 1. The van der Waals surface area contributed by atoms with Crippen molar-refractivity contribution in [3.8, 4) is 5.75 Å². The topological polar surface area (TPSA) is 38.5 Å². The molecule has 0 amide bonds. The summed E-state index contributed by atoms with van der Waals surface area (Å²) >= 11 is 0. The van der Waals surface area contributed by atoms with E-state index < -0.39 is 0 Å². The van der Waals surface area contributed by atoms with Crippen molar-refractivity contribution in [1.29, 1.82) is 0 Å². The number of hydrogen-bond acceptors (Lipinski definition) is 3. The summed E-state index contributed by atoms with van der Waals surface area (Å²) in [6.45, 7) is 0.518. The number of ether oxygens (including phenoxy) is 1. The van der Waals surface area contributed by atoms with Crippen molar-refractivity contribution >= 4 is 11.4 Å². The van der Waals surface area contributed by atoms with Crippen LogP contribution in [0.3, 0.4) is 0 Å². The Labute approximate surface area is 112 Å². The highest BCUT2D eigenvalue weighted by Gasteiger charge is 2.11. The average molecular weight is 260 g/mol. The van der Waals surface area contributed by atoms with Crippen molar-refractivity contribution in [2.75, 3.05) is 24.8 Å². The molecule has 100 valence electrons. The first-order valence-electron chi connectivity index (χ1n) is 6.00. The third kappa shape index (κ3) is 2.78. The molecule has 0 aliphatic carbocycles. The van der Waals surface area contributed by atoms with Crippen LogP contribution in [0.25, 0.3) is 0 Å². The minimum atomic E-state index is -0.383. The molecule has 0 atom stereocenters. The molecule has 2 aromatic carbocycles. The zero-order valence-electron chi connectivity index (χ0n) is 11.1. The van der Waals surface area contributed by atoms with Crippen LogP contribution in [0.4, 0.5) is 15.8 Å². The number of methoxy groups -OCH3 is 1. The Hall–Kier alpha value is -2.23. The Kier molecular flexibility index (Phi) is 3.90. The van der Waals surface area contributed by atoms with Crippen molar-refractivity contribution in [3.63, 3.8) is 0 Å². The molecular weight excluding hydrogens is 243 g/mol. The lowest BCUT2D eigenvalue weighted by Crippen LogP contribution is -2.18. The van der Waals surface area contributed by atoms with Crippen LogP contribution in [0.1, 0.15) is 5.56 Å².